The second-order valence-electron chi connectivity index (χ2n) is 1.28. The third-order valence-electron chi connectivity index (χ3n) is 0.635. The van der Waals surface area contributed by atoms with Crippen molar-refractivity contribution in [2.24, 2.45) is 0 Å². The fraction of sp³-hybridized carbons (Fsp3) is 0.250. The van der Waals surface area contributed by atoms with Gasteiger partial charge in [0.15, 0.2) is 6.26 Å². The van der Waals surface area contributed by atoms with Crippen molar-refractivity contribution in [1.29, 1.82) is 0 Å². The first-order chi connectivity index (χ1) is 4.59. The van der Waals surface area contributed by atoms with E-state index in [1.165, 1.54) is 0 Å². The van der Waals surface area contributed by atoms with Gasteiger partial charge in [0, 0.05) is 0 Å². The molecule has 0 saturated carbocycles. The van der Waals surface area contributed by atoms with E-state index >= 15 is 0 Å². The Morgan fingerprint density at radius 1 is 1.70 bits per heavy atom. The quantitative estimate of drug-likeness (QED) is 0.209. The van der Waals surface area contributed by atoms with E-state index in [-0.39, 0.29) is 0 Å². The van der Waals surface area contributed by atoms with Crippen molar-refractivity contribution < 1.29 is 19.6 Å². The van der Waals surface area contributed by atoms with E-state index in [4.69, 9.17) is 0 Å². The van der Waals surface area contributed by atoms with Gasteiger partial charge in [-0.3, -0.25) is 10.1 Å². The monoisotopic (exact) mass is 146 g/mol. The molecular weight excluding hydrogens is 142 g/mol. The van der Waals surface area contributed by atoms with Crippen LogP contribution in [0.3, 0.4) is 0 Å². The van der Waals surface area contributed by atoms with Crippen LogP contribution in [0.4, 0.5) is 0 Å². The van der Waals surface area contributed by atoms with Crippen LogP contribution in [0.1, 0.15) is 0 Å². The van der Waals surface area contributed by atoms with Gasteiger partial charge in [-0.2, -0.15) is 0 Å². The van der Waals surface area contributed by atoms with Gasteiger partial charge in [-0.15, -0.1) is 0 Å². The largest absolute Gasteiger partial charge is 0.539 e. The summed E-state index contributed by atoms with van der Waals surface area (Å²) in [6, 6.07) is 0. The number of nitro groups is 1. The van der Waals surface area contributed by atoms with Crippen LogP contribution in [0.25, 0.3) is 0 Å². The van der Waals surface area contributed by atoms with Crippen LogP contribution in [-0.2, 0) is 9.53 Å². The maximum Gasteiger partial charge on any atom is 0.326 e. The first-order valence-corrected chi connectivity index (χ1v) is 2.18. The molecule has 0 aliphatic rings. The first-order valence-electron chi connectivity index (χ1n) is 2.18. The molecule has 6 heteroatoms. The highest BCUT2D eigenvalue weighted by Gasteiger charge is 2.11. The fourth-order valence-corrected chi connectivity index (χ4v) is 0.277. The summed E-state index contributed by atoms with van der Waals surface area (Å²) < 4.78 is 4.10. The Morgan fingerprint density at radius 3 is 2.30 bits per heavy atom. The molecule has 0 aromatic rings. The Bertz CT molecular complexity index is 168. The predicted octanol–water partition coefficient (Wildman–Crippen LogP) is -1.50. The number of carboxylic acid groups (broad SMARTS) is 1. The topological polar surface area (TPSA) is 92.5 Å². The zero-order chi connectivity index (χ0) is 8.15. The number of hydrogen-bond donors (Lipinski definition) is 0. The fourth-order valence-electron chi connectivity index (χ4n) is 0.277. The molecule has 0 atom stereocenters. The van der Waals surface area contributed by atoms with Crippen molar-refractivity contribution in [3.05, 3.63) is 22.1 Å². The van der Waals surface area contributed by atoms with Gasteiger partial charge in [-0.05, 0) is 0 Å². The molecule has 0 amide bonds. The molecule has 0 aromatic carbocycles. The zero-order valence-corrected chi connectivity index (χ0v) is 5.07. The number of nitrogens with zero attached hydrogens (tertiary/aromatic N) is 1. The Labute approximate surface area is 55.9 Å². The standard InChI is InChI=1S/C4H5NO5/c1-10-2-3(4(6)7)5(8)9/h2H,1H3,(H,6,7)/p-1/b3-2-. The van der Waals surface area contributed by atoms with Crippen molar-refractivity contribution in [3.8, 4) is 0 Å². The Balaban J connectivity index is 4.42. The van der Waals surface area contributed by atoms with E-state index in [9.17, 15) is 20.0 Å². The predicted molar refractivity (Wildman–Crippen MR) is 27.1 cm³/mol. The molecule has 10 heavy (non-hydrogen) atoms. The highest BCUT2D eigenvalue weighted by molar-refractivity contribution is 5.81. The van der Waals surface area contributed by atoms with Gasteiger partial charge in [0.1, 0.15) is 5.97 Å². The van der Waals surface area contributed by atoms with Gasteiger partial charge in [-0.1, -0.05) is 0 Å². The zero-order valence-electron chi connectivity index (χ0n) is 5.07. The normalized spacial score (nSPS) is 10.7. The SMILES string of the molecule is CO/C=C(/C(=O)[O-])[N+](=O)[O-]. The summed E-state index contributed by atoms with van der Waals surface area (Å²) in [7, 11) is 1.10. The molecule has 0 rings (SSSR count). The highest BCUT2D eigenvalue weighted by Crippen LogP contribution is 1.92. The summed E-state index contributed by atoms with van der Waals surface area (Å²) in [6.07, 6.45) is 0.495. The number of methoxy groups -OCH3 is 1. The summed E-state index contributed by atoms with van der Waals surface area (Å²) in [6.45, 7) is 0. The lowest BCUT2D eigenvalue weighted by Gasteiger charge is -1.96. The van der Waals surface area contributed by atoms with Crippen molar-refractivity contribution in [2.45, 2.75) is 0 Å². The van der Waals surface area contributed by atoms with E-state index in [0.29, 0.717) is 6.26 Å². The van der Waals surface area contributed by atoms with Crippen LogP contribution < -0.4 is 5.11 Å². The molecule has 6 nitrogen and oxygen atoms in total. The number of carboxylic acids is 1. The van der Waals surface area contributed by atoms with Crippen molar-refractivity contribution in [3.63, 3.8) is 0 Å². The molecule has 0 fully saturated rings. The van der Waals surface area contributed by atoms with E-state index < -0.39 is 16.6 Å². The average molecular weight is 146 g/mol. The smallest absolute Gasteiger partial charge is 0.326 e. The number of hydrogen-bond acceptors (Lipinski definition) is 5. The number of aliphatic carboxylic acids is 1. The van der Waals surface area contributed by atoms with Gasteiger partial charge in [0.05, 0.1) is 12.0 Å². The minimum absolute atomic E-state index is 0.495. The van der Waals surface area contributed by atoms with Crippen molar-refractivity contribution in [2.75, 3.05) is 7.11 Å². The van der Waals surface area contributed by atoms with Gasteiger partial charge in [0.25, 0.3) is 0 Å². The molecule has 0 N–H and O–H groups in total. The molecule has 0 bridgehead atoms. The molecule has 0 aliphatic heterocycles. The molecule has 0 heterocycles. The number of rotatable bonds is 3. The van der Waals surface area contributed by atoms with Crippen LogP contribution in [0.15, 0.2) is 12.0 Å². The lowest BCUT2D eigenvalue weighted by molar-refractivity contribution is -0.437. The van der Waals surface area contributed by atoms with Crippen LogP contribution in [0, 0.1) is 10.1 Å². The Kier molecular flexibility index (Phi) is 2.89. The second kappa shape index (κ2) is 3.44. The lowest BCUT2D eigenvalue weighted by atomic mass is 10.5. The van der Waals surface area contributed by atoms with Gasteiger partial charge < -0.3 is 14.6 Å². The molecule has 0 saturated heterocycles. The second-order valence-corrected chi connectivity index (χ2v) is 1.28. The summed E-state index contributed by atoms with van der Waals surface area (Å²) in [5, 5.41) is 19.6. The maximum atomic E-state index is 9.83. The van der Waals surface area contributed by atoms with Gasteiger partial charge in [0.2, 0.25) is 0 Å². The van der Waals surface area contributed by atoms with Crippen LogP contribution in [-0.4, -0.2) is 18.0 Å². The highest BCUT2D eigenvalue weighted by atomic mass is 16.6. The molecular formula is C4H4NO5-. The van der Waals surface area contributed by atoms with E-state index in [2.05, 4.69) is 4.74 Å². The third kappa shape index (κ3) is 2.12. The summed E-state index contributed by atoms with van der Waals surface area (Å²) in [5.74, 6) is -1.87. The minimum Gasteiger partial charge on any atom is -0.539 e. The Morgan fingerprint density at radius 2 is 2.20 bits per heavy atom. The first kappa shape index (κ1) is 8.41. The summed E-state index contributed by atoms with van der Waals surface area (Å²) >= 11 is 0. The molecule has 56 valence electrons. The van der Waals surface area contributed by atoms with Gasteiger partial charge in [-0.25, -0.2) is 0 Å². The van der Waals surface area contributed by atoms with E-state index in [0.717, 1.165) is 7.11 Å². The van der Waals surface area contributed by atoms with Crippen molar-refractivity contribution in [1.82, 2.24) is 0 Å². The number of carbonyl (C=O) groups excluding carboxylic acids is 1. The van der Waals surface area contributed by atoms with Gasteiger partial charge >= 0.3 is 5.70 Å². The third-order valence-corrected chi connectivity index (χ3v) is 0.635. The Hall–Kier alpha value is -1.59. The maximum absolute atomic E-state index is 9.83. The van der Waals surface area contributed by atoms with Crippen LogP contribution in [0.2, 0.25) is 0 Å². The average Bonchev–Trinajstić information content (AvgIpc) is 1.81. The molecule has 0 aliphatic carbocycles. The molecule has 0 unspecified atom stereocenters. The van der Waals surface area contributed by atoms with Crippen LogP contribution in [0.5, 0.6) is 0 Å². The van der Waals surface area contributed by atoms with E-state index in [1.54, 1.807) is 0 Å². The lowest BCUT2D eigenvalue weighted by Crippen LogP contribution is -2.28. The molecule has 0 aromatic heterocycles. The van der Waals surface area contributed by atoms with Crippen LogP contribution >= 0.6 is 0 Å². The molecule has 0 radical (unpaired) electrons. The number of carbonyl (C=O) groups is 1. The molecule has 0 spiro atoms. The van der Waals surface area contributed by atoms with E-state index in [1.807, 2.05) is 0 Å². The van der Waals surface area contributed by atoms with Crippen molar-refractivity contribution >= 4 is 5.97 Å². The minimum atomic E-state index is -1.87. The summed E-state index contributed by atoms with van der Waals surface area (Å²) in [5.41, 5.74) is -1.09. The number of ether oxygens (including phenoxy) is 1. The summed E-state index contributed by atoms with van der Waals surface area (Å²) in [4.78, 5) is 18.5.